The van der Waals surface area contributed by atoms with E-state index >= 15 is 0 Å². The molecule has 1 amide bonds. The van der Waals surface area contributed by atoms with E-state index in [9.17, 15) is 9.59 Å². The van der Waals surface area contributed by atoms with Crippen molar-refractivity contribution < 1.29 is 14.3 Å². The first-order valence-corrected chi connectivity index (χ1v) is 8.52. The molecule has 0 unspecified atom stereocenters. The maximum Gasteiger partial charge on any atom is 0.310 e. The Morgan fingerprint density at radius 3 is 2.86 bits per heavy atom. The largest absolute Gasteiger partial charge is 0.466 e. The zero-order chi connectivity index (χ0) is 15.9. The SMILES string of the molecule is CCOC(=O)[C@@H]1CCCN(C(=O)[C@H](C)Sc2ccncc2)C1. The van der Waals surface area contributed by atoms with Crippen molar-refractivity contribution in [2.75, 3.05) is 19.7 Å². The average Bonchev–Trinajstić information content (AvgIpc) is 2.55. The summed E-state index contributed by atoms with van der Waals surface area (Å²) in [6.07, 6.45) is 5.09. The van der Waals surface area contributed by atoms with Gasteiger partial charge in [0, 0.05) is 30.4 Å². The number of hydrogen-bond donors (Lipinski definition) is 0. The van der Waals surface area contributed by atoms with E-state index in [0.717, 1.165) is 24.3 Å². The normalized spacial score (nSPS) is 19.5. The minimum atomic E-state index is -0.186. The van der Waals surface area contributed by atoms with Gasteiger partial charge in [0.05, 0.1) is 17.8 Å². The molecule has 120 valence electrons. The van der Waals surface area contributed by atoms with Gasteiger partial charge in [0.15, 0.2) is 0 Å². The third-order valence-corrected chi connectivity index (χ3v) is 4.76. The van der Waals surface area contributed by atoms with Crippen molar-refractivity contribution in [3.8, 4) is 0 Å². The van der Waals surface area contributed by atoms with Gasteiger partial charge < -0.3 is 9.64 Å². The molecule has 1 aliphatic heterocycles. The van der Waals surface area contributed by atoms with Gasteiger partial charge in [-0.1, -0.05) is 0 Å². The Hall–Kier alpha value is -1.56. The summed E-state index contributed by atoms with van der Waals surface area (Å²) in [5.41, 5.74) is 0. The van der Waals surface area contributed by atoms with Crippen molar-refractivity contribution in [2.45, 2.75) is 36.8 Å². The lowest BCUT2D eigenvalue weighted by Gasteiger charge is -2.33. The highest BCUT2D eigenvalue weighted by Gasteiger charge is 2.31. The summed E-state index contributed by atoms with van der Waals surface area (Å²) in [5, 5.41) is -0.177. The maximum absolute atomic E-state index is 12.6. The van der Waals surface area contributed by atoms with Gasteiger partial charge in [-0.15, -0.1) is 11.8 Å². The Bertz CT molecular complexity index is 509. The van der Waals surface area contributed by atoms with Crippen molar-refractivity contribution in [1.82, 2.24) is 9.88 Å². The van der Waals surface area contributed by atoms with Gasteiger partial charge >= 0.3 is 5.97 Å². The van der Waals surface area contributed by atoms with Gasteiger partial charge in [0.1, 0.15) is 0 Å². The van der Waals surface area contributed by atoms with Crippen molar-refractivity contribution in [1.29, 1.82) is 0 Å². The first kappa shape index (κ1) is 16.8. The molecule has 22 heavy (non-hydrogen) atoms. The molecule has 0 saturated carbocycles. The lowest BCUT2D eigenvalue weighted by atomic mass is 9.98. The number of carbonyl (C=O) groups is 2. The predicted molar refractivity (Wildman–Crippen MR) is 85.5 cm³/mol. The standard InChI is InChI=1S/C16H22N2O3S/c1-3-21-16(20)13-5-4-10-18(11-13)15(19)12(2)22-14-6-8-17-9-7-14/h6-9,12-13H,3-5,10-11H2,1-2H3/t12-,13+/m0/s1. The summed E-state index contributed by atoms with van der Waals surface area (Å²) in [7, 11) is 0. The fourth-order valence-electron chi connectivity index (χ4n) is 2.56. The molecule has 0 bridgehead atoms. The van der Waals surface area contributed by atoms with Crippen LogP contribution >= 0.6 is 11.8 Å². The van der Waals surface area contributed by atoms with E-state index in [2.05, 4.69) is 4.98 Å². The molecule has 0 aliphatic carbocycles. The van der Waals surface area contributed by atoms with Gasteiger partial charge in [0.25, 0.3) is 0 Å². The molecule has 0 spiro atoms. The fraction of sp³-hybridized carbons (Fsp3) is 0.562. The molecule has 1 aromatic heterocycles. The molecular weight excluding hydrogens is 300 g/mol. The molecule has 5 nitrogen and oxygen atoms in total. The van der Waals surface area contributed by atoms with E-state index in [0.29, 0.717) is 13.2 Å². The van der Waals surface area contributed by atoms with Crippen LogP contribution in [0.4, 0.5) is 0 Å². The number of likely N-dealkylation sites (tertiary alicyclic amines) is 1. The number of thioether (sulfide) groups is 1. The van der Waals surface area contributed by atoms with E-state index in [1.54, 1.807) is 24.2 Å². The van der Waals surface area contributed by atoms with Crippen LogP contribution in [0.25, 0.3) is 0 Å². The molecule has 1 saturated heterocycles. The van der Waals surface area contributed by atoms with Crippen LogP contribution in [0.15, 0.2) is 29.4 Å². The summed E-state index contributed by atoms with van der Waals surface area (Å²) < 4.78 is 5.08. The summed E-state index contributed by atoms with van der Waals surface area (Å²) in [6, 6.07) is 3.79. The number of amides is 1. The second-order valence-corrected chi connectivity index (χ2v) is 6.73. The molecule has 6 heteroatoms. The Labute approximate surface area is 135 Å². The monoisotopic (exact) mass is 322 g/mol. The molecule has 2 rings (SSSR count). The summed E-state index contributed by atoms with van der Waals surface area (Å²) in [5.74, 6) is -0.291. The number of piperidine rings is 1. The smallest absolute Gasteiger partial charge is 0.310 e. The molecule has 1 fully saturated rings. The lowest BCUT2D eigenvalue weighted by molar-refractivity contribution is -0.151. The highest BCUT2D eigenvalue weighted by molar-refractivity contribution is 8.00. The molecule has 0 aromatic carbocycles. The summed E-state index contributed by atoms with van der Waals surface area (Å²) >= 11 is 1.52. The van der Waals surface area contributed by atoms with E-state index in [1.165, 1.54) is 11.8 Å². The molecule has 0 radical (unpaired) electrons. The topological polar surface area (TPSA) is 59.5 Å². The lowest BCUT2D eigenvalue weighted by Crippen LogP contribution is -2.45. The molecule has 0 N–H and O–H groups in total. The zero-order valence-electron chi connectivity index (χ0n) is 13.0. The highest BCUT2D eigenvalue weighted by Crippen LogP contribution is 2.26. The van der Waals surface area contributed by atoms with Crippen molar-refractivity contribution >= 4 is 23.6 Å². The van der Waals surface area contributed by atoms with Crippen LogP contribution < -0.4 is 0 Å². The number of carbonyl (C=O) groups excluding carboxylic acids is 2. The van der Waals surface area contributed by atoms with Crippen molar-refractivity contribution in [2.24, 2.45) is 5.92 Å². The van der Waals surface area contributed by atoms with E-state index in [-0.39, 0.29) is 23.0 Å². The zero-order valence-corrected chi connectivity index (χ0v) is 13.8. The van der Waals surface area contributed by atoms with E-state index < -0.39 is 0 Å². The van der Waals surface area contributed by atoms with Gasteiger partial charge in [0.2, 0.25) is 5.91 Å². The Morgan fingerprint density at radius 1 is 1.45 bits per heavy atom. The first-order chi connectivity index (χ1) is 10.6. The molecule has 1 aliphatic rings. The van der Waals surface area contributed by atoms with Crippen LogP contribution in [-0.2, 0) is 14.3 Å². The first-order valence-electron chi connectivity index (χ1n) is 7.64. The van der Waals surface area contributed by atoms with Gasteiger partial charge in [-0.3, -0.25) is 14.6 Å². The minimum Gasteiger partial charge on any atom is -0.466 e. The van der Waals surface area contributed by atoms with Crippen LogP contribution in [0.3, 0.4) is 0 Å². The number of pyridine rings is 1. The van der Waals surface area contributed by atoms with E-state index in [1.807, 2.05) is 19.1 Å². The molecule has 1 aromatic rings. The minimum absolute atomic E-state index is 0.0795. The molecular formula is C16H22N2O3S. The van der Waals surface area contributed by atoms with Crippen LogP contribution in [-0.4, -0.2) is 46.7 Å². The third kappa shape index (κ3) is 4.47. The Morgan fingerprint density at radius 2 is 2.18 bits per heavy atom. The van der Waals surface area contributed by atoms with Gasteiger partial charge in [-0.05, 0) is 38.8 Å². The number of rotatable bonds is 5. The quantitative estimate of drug-likeness (QED) is 0.615. The molecule has 2 heterocycles. The highest BCUT2D eigenvalue weighted by atomic mass is 32.2. The Balaban J connectivity index is 1.92. The number of esters is 1. The summed E-state index contributed by atoms with van der Waals surface area (Å²) in [4.78, 5) is 31.2. The number of nitrogens with zero attached hydrogens (tertiary/aromatic N) is 2. The van der Waals surface area contributed by atoms with Crippen molar-refractivity contribution in [3.63, 3.8) is 0 Å². The van der Waals surface area contributed by atoms with Crippen LogP contribution in [0, 0.1) is 5.92 Å². The van der Waals surface area contributed by atoms with Crippen LogP contribution in [0.5, 0.6) is 0 Å². The third-order valence-electron chi connectivity index (χ3n) is 3.66. The van der Waals surface area contributed by atoms with Crippen LogP contribution in [0.1, 0.15) is 26.7 Å². The average molecular weight is 322 g/mol. The second kappa shape index (κ2) is 8.17. The van der Waals surface area contributed by atoms with E-state index in [4.69, 9.17) is 4.74 Å². The number of ether oxygens (including phenoxy) is 1. The maximum atomic E-state index is 12.6. The fourth-order valence-corrected chi connectivity index (χ4v) is 3.50. The summed E-state index contributed by atoms with van der Waals surface area (Å²) in [6.45, 7) is 5.28. The second-order valence-electron chi connectivity index (χ2n) is 5.32. The number of hydrogen-bond acceptors (Lipinski definition) is 5. The predicted octanol–water partition coefficient (Wildman–Crippen LogP) is 2.36. The van der Waals surface area contributed by atoms with Gasteiger partial charge in [-0.2, -0.15) is 0 Å². The van der Waals surface area contributed by atoms with Gasteiger partial charge in [-0.25, -0.2) is 0 Å². The number of aromatic nitrogens is 1. The van der Waals surface area contributed by atoms with Crippen LogP contribution in [0.2, 0.25) is 0 Å². The van der Waals surface area contributed by atoms with Crippen molar-refractivity contribution in [3.05, 3.63) is 24.5 Å². The Kier molecular flexibility index (Phi) is 6.24. The molecule has 2 atom stereocenters.